The van der Waals surface area contributed by atoms with Crippen LogP contribution in [0.2, 0.25) is 5.02 Å². The first-order valence-corrected chi connectivity index (χ1v) is 8.67. The predicted molar refractivity (Wildman–Crippen MR) is 99.4 cm³/mol. The summed E-state index contributed by atoms with van der Waals surface area (Å²) < 4.78 is 15.1. The average molecular weight is 372 g/mol. The van der Waals surface area contributed by atoms with E-state index in [1.807, 2.05) is 42.1 Å². The zero-order valence-corrected chi connectivity index (χ0v) is 15.1. The van der Waals surface area contributed by atoms with Crippen LogP contribution in [0.3, 0.4) is 0 Å². The lowest BCUT2D eigenvalue weighted by Gasteiger charge is -2.19. The van der Waals surface area contributed by atoms with Crippen molar-refractivity contribution in [2.75, 3.05) is 0 Å². The standard InChI is InChI=1S/C20H19ClFN3O/c1-25-13-12-23-20(25)19(15-5-9-17(22)10-6-15)24-18(26)11-4-14-2-7-16(21)8-3-14/h2-3,5-10,12-13,19H,4,11H2,1H3,(H,24,26). The number of imidazole rings is 1. The number of hydrogen-bond donors (Lipinski definition) is 1. The molecule has 2 aromatic carbocycles. The topological polar surface area (TPSA) is 46.9 Å². The number of amides is 1. The molecular formula is C20H19ClFN3O. The highest BCUT2D eigenvalue weighted by atomic mass is 35.5. The first-order valence-electron chi connectivity index (χ1n) is 8.29. The second-order valence-corrected chi connectivity index (χ2v) is 6.51. The molecule has 0 aliphatic heterocycles. The molecule has 134 valence electrons. The van der Waals surface area contributed by atoms with Crippen molar-refractivity contribution in [2.24, 2.45) is 7.05 Å². The van der Waals surface area contributed by atoms with Crippen LogP contribution >= 0.6 is 11.6 Å². The maximum absolute atomic E-state index is 13.3. The van der Waals surface area contributed by atoms with Crippen molar-refractivity contribution in [3.63, 3.8) is 0 Å². The molecular weight excluding hydrogens is 353 g/mol. The molecule has 26 heavy (non-hydrogen) atoms. The third-order valence-electron chi connectivity index (χ3n) is 4.18. The van der Waals surface area contributed by atoms with Gasteiger partial charge in [0.25, 0.3) is 0 Å². The fourth-order valence-electron chi connectivity index (χ4n) is 2.75. The predicted octanol–water partition coefficient (Wildman–Crippen LogP) is 4.05. The van der Waals surface area contributed by atoms with Gasteiger partial charge in [-0.25, -0.2) is 9.37 Å². The Balaban J connectivity index is 1.73. The Morgan fingerprint density at radius 3 is 2.50 bits per heavy atom. The number of rotatable bonds is 6. The summed E-state index contributed by atoms with van der Waals surface area (Å²) >= 11 is 5.88. The largest absolute Gasteiger partial charge is 0.342 e. The second-order valence-electron chi connectivity index (χ2n) is 6.07. The van der Waals surface area contributed by atoms with Crippen molar-refractivity contribution in [1.29, 1.82) is 0 Å². The normalized spacial score (nSPS) is 12.0. The summed E-state index contributed by atoms with van der Waals surface area (Å²) in [6.07, 6.45) is 4.43. The van der Waals surface area contributed by atoms with Crippen LogP contribution < -0.4 is 5.32 Å². The number of hydrogen-bond acceptors (Lipinski definition) is 2. The van der Waals surface area contributed by atoms with Gasteiger partial charge in [-0.15, -0.1) is 0 Å². The number of halogens is 2. The molecule has 0 aliphatic rings. The number of nitrogens with one attached hydrogen (secondary N) is 1. The Morgan fingerprint density at radius 2 is 1.88 bits per heavy atom. The number of carbonyl (C=O) groups is 1. The monoisotopic (exact) mass is 371 g/mol. The van der Waals surface area contributed by atoms with Gasteiger partial charge in [-0.2, -0.15) is 0 Å². The quantitative estimate of drug-likeness (QED) is 0.710. The summed E-state index contributed by atoms with van der Waals surface area (Å²) in [6.45, 7) is 0. The Hall–Kier alpha value is -2.66. The van der Waals surface area contributed by atoms with E-state index >= 15 is 0 Å². The van der Waals surface area contributed by atoms with E-state index in [0.717, 1.165) is 11.1 Å². The molecule has 1 N–H and O–H groups in total. The minimum absolute atomic E-state index is 0.0997. The maximum Gasteiger partial charge on any atom is 0.221 e. The van der Waals surface area contributed by atoms with E-state index in [1.165, 1.54) is 12.1 Å². The van der Waals surface area contributed by atoms with Gasteiger partial charge in [0.2, 0.25) is 5.91 Å². The zero-order valence-electron chi connectivity index (χ0n) is 14.3. The number of carbonyl (C=O) groups excluding carboxylic acids is 1. The third-order valence-corrected chi connectivity index (χ3v) is 4.43. The van der Waals surface area contributed by atoms with Crippen LogP contribution in [-0.4, -0.2) is 15.5 Å². The van der Waals surface area contributed by atoms with E-state index in [4.69, 9.17) is 11.6 Å². The second kappa shape index (κ2) is 8.15. The van der Waals surface area contributed by atoms with Crippen LogP contribution in [0.4, 0.5) is 4.39 Å². The van der Waals surface area contributed by atoms with E-state index in [0.29, 0.717) is 23.7 Å². The molecule has 0 radical (unpaired) electrons. The molecule has 1 aromatic heterocycles. The zero-order chi connectivity index (χ0) is 18.5. The summed E-state index contributed by atoms with van der Waals surface area (Å²) in [4.78, 5) is 16.8. The van der Waals surface area contributed by atoms with Gasteiger partial charge in [-0.3, -0.25) is 4.79 Å². The first-order chi connectivity index (χ1) is 12.5. The molecule has 1 atom stereocenters. The lowest BCUT2D eigenvalue weighted by molar-refractivity contribution is -0.121. The highest BCUT2D eigenvalue weighted by Gasteiger charge is 2.20. The molecule has 0 spiro atoms. The van der Waals surface area contributed by atoms with Crippen molar-refractivity contribution in [3.05, 3.63) is 88.7 Å². The summed E-state index contributed by atoms with van der Waals surface area (Å²) in [6, 6.07) is 13.1. The molecule has 0 saturated carbocycles. The highest BCUT2D eigenvalue weighted by Crippen LogP contribution is 2.21. The molecule has 4 nitrogen and oxygen atoms in total. The van der Waals surface area contributed by atoms with E-state index in [-0.39, 0.29) is 11.7 Å². The van der Waals surface area contributed by atoms with E-state index in [1.54, 1.807) is 18.3 Å². The molecule has 1 heterocycles. The summed E-state index contributed by atoms with van der Waals surface area (Å²) in [7, 11) is 1.86. The molecule has 0 aliphatic carbocycles. The Kier molecular flexibility index (Phi) is 5.68. The van der Waals surface area contributed by atoms with Crippen LogP contribution in [0.5, 0.6) is 0 Å². The SMILES string of the molecule is Cn1ccnc1C(NC(=O)CCc1ccc(Cl)cc1)c1ccc(F)cc1. The molecule has 0 saturated heterocycles. The van der Waals surface area contributed by atoms with Crippen LogP contribution in [-0.2, 0) is 18.3 Å². The maximum atomic E-state index is 13.3. The minimum Gasteiger partial charge on any atom is -0.342 e. The summed E-state index contributed by atoms with van der Waals surface area (Å²) in [5.74, 6) is 0.273. The van der Waals surface area contributed by atoms with E-state index in [2.05, 4.69) is 10.3 Å². The van der Waals surface area contributed by atoms with Crippen molar-refractivity contribution < 1.29 is 9.18 Å². The fraction of sp³-hybridized carbons (Fsp3) is 0.200. The molecule has 1 unspecified atom stereocenters. The van der Waals surface area contributed by atoms with Crippen molar-refractivity contribution in [2.45, 2.75) is 18.9 Å². The van der Waals surface area contributed by atoms with Gasteiger partial charge in [0.1, 0.15) is 17.7 Å². The van der Waals surface area contributed by atoms with Gasteiger partial charge in [0.05, 0.1) is 0 Å². The lowest BCUT2D eigenvalue weighted by atomic mass is 10.0. The van der Waals surface area contributed by atoms with Gasteiger partial charge in [0, 0.05) is 30.9 Å². The smallest absolute Gasteiger partial charge is 0.221 e. The Bertz CT molecular complexity index is 875. The minimum atomic E-state index is -0.437. The summed E-state index contributed by atoms with van der Waals surface area (Å²) in [5, 5.41) is 3.68. The van der Waals surface area contributed by atoms with Gasteiger partial charge < -0.3 is 9.88 Å². The van der Waals surface area contributed by atoms with Gasteiger partial charge in [-0.05, 0) is 41.8 Å². The van der Waals surface area contributed by atoms with E-state index in [9.17, 15) is 9.18 Å². The molecule has 3 aromatic rings. The van der Waals surface area contributed by atoms with Crippen LogP contribution in [0.1, 0.15) is 29.4 Å². The van der Waals surface area contributed by atoms with Gasteiger partial charge in [-0.1, -0.05) is 35.9 Å². The number of benzene rings is 2. The van der Waals surface area contributed by atoms with Gasteiger partial charge >= 0.3 is 0 Å². The summed E-state index contributed by atoms with van der Waals surface area (Å²) in [5.41, 5.74) is 1.82. The molecule has 0 fully saturated rings. The van der Waals surface area contributed by atoms with Crippen LogP contribution in [0.15, 0.2) is 60.9 Å². The van der Waals surface area contributed by atoms with Gasteiger partial charge in [0.15, 0.2) is 0 Å². The number of aryl methyl sites for hydroxylation is 2. The van der Waals surface area contributed by atoms with Crippen molar-refractivity contribution in [1.82, 2.24) is 14.9 Å². The third kappa shape index (κ3) is 4.49. The van der Waals surface area contributed by atoms with Crippen molar-refractivity contribution in [3.8, 4) is 0 Å². The Morgan fingerprint density at radius 1 is 1.19 bits per heavy atom. The molecule has 3 rings (SSSR count). The average Bonchev–Trinajstić information content (AvgIpc) is 3.06. The molecule has 6 heteroatoms. The number of nitrogens with zero attached hydrogens (tertiary/aromatic N) is 2. The molecule has 1 amide bonds. The van der Waals surface area contributed by atoms with Crippen LogP contribution in [0.25, 0.3) is 0 Å². The first kappa shape index (κ1) is 18.1. The lowest BCUT2D eigenvalue weighted by Crippen LogP contribution is -2.31. The van der Waals surface area contributed by atoms with Crippen LogP contribution in [0, 0.1) is 5.82 Å². The van der Waals surface area contributed by atoms with Crippen molar-refractivity contribution >= 4 is 17.5 Å². The van der Waals surface area contributed by atoms with E-state index < -0.39 is 6.04 Å². The number of aromatic nitrogens is 2. The Labute approximate surface area is 156 Å². The molecule has 0 bridgehead atoms. The fourth-order valence-corrected chi connectivity index (χ4v) is 2.88. The highest BCUT2D eigenvalue weighted by molar-refractivity contribution is 6.30.